The molecular weight excluding hydrogens is 414 g/mol. The van der Waals surface area contributed by atoms with Crippen LogP contribution in [0.1, 0.15) is 42.0 Å². The molecule has 0 saturated carbocycles. The van der Waals surface area contributed by atoms with Crippen LogP contribution in [0.3, 0.4) is 0 Å². The number of aromatic amines is 2. The number of hydrogen-bond donors (Lipinski definition) is 2. The number of piperidine rings is 1. The third-order valence-corrected chi connectivity index (χ3v) is 6.67. The molecule has 7 nitrogen and oxygen atoms in total. The number of carbonyl (C=O) groups is 1. The van der Waals surface area contributed by atoms with E-state index in [2.05, 4.69) is 44.3 Å². The Kier molecular flexibility index (Phi) is 5.77. The minimum atomic E-state index is -0.180. The number of pyridine rings is 1. The zero-order chi connectivity index (χ0) is 22.8. The number of aromatic nitrogens is 4. The molecule has 0 atom stereocenters. The van der Waals surface area contributed by atoms with E-state index in [-0.39, 0.29) is 11.5 Å². The van der Waals surface area contributed by atoms with Gasteiger partial charge in [-0.15, -0.1) is 0 Å². The third kappa shape index (κ3) is 4.31. The Labute approximate surface area is 191 Å². The molecule has 1 saturated heterocycles. The van der Waals surface area contributed by atoms with Gasteiger partial charge in [0.2, 0.25) is 5.91 Å². The van der Waals surface area contributed by atoms with Gasteiger partial charge in [-0.1, -0.05) is 18.2 Å². The average Bonchev–Trinajstić information content (AvgIpc) is 3.28. The molecule has 33 heavy (non-hydrogen) atoms. The van der Waals surface area contributed by atoms with E-state index >= 15 is 0 Å². The molecule has 168 valence electrons. The van der Waals surface area contributed by atoms with Crippen LogP contribution < -0.4 is 5.56 Å². The van der Waals surface area contributed by atoms with Crippen LogP contribution >= 0.6 is 0 Å². The first-order valence-corrected chi connectivity index (χ1v) is 11.4. The molecule has 1 amide bonds. The van der Waals surface area contributed by atoms with Gasteiger partial charge in [0.15, 0.2) is 0 Å². The minimum absolute atomic E-state index is 0.101. The number of likely N-dealkylation sites (tertiary alicyclic amines) is 1. The van der Waals surface area contributed by atoms with E-state index in [4.69, 9.17) is 0 Å². The van der Waals surface area contributed by atoms with E-state index in [9.17, 15) is 9.59 Å². The van der Waals surface area contributed by atoms with Crippen molar-refractivity contribution >= 4 is 16.8 Å². The lowest BCUT2D eigenvalue weighted by molar-refractivity contribution is -0.132. The summed E-state index contributed by atoms with van der Waals surface area (Å²) in [6, 6.07) is 12.0. The molecule has 1 aliphatic heterocycles. The predicted octanol–water partition coefficient (Wildman–Crippen LogP) is 3.96. The second-order valence-electron chi connectivity index (χ2n) is 8.66. The van der Waals surface area contributed by atoms with Crippen molar-refractivity contribution in [2.24, 2.45) is 0 Å². The van der Waals surface area contributed by atoms with Gasteiger partial charge in [-0.25, -0.2) is 4.98 Å². The highest BCUT2D eigenvalue weighted by Crippen LogP contribution is 2.33. The van der Waals surface area contributed by atoms with Crippen LogP contribution in [-0.4, -0.2) is 43.8 Å². The number of rotatable bonds is 5. The Morgan fingerprint density at radius 1 is 1.12 bits per heavy atom. The molecule has 1 aromatic carbocycles. The quantitative estimate of drug-likeness (QED) is 0.490. The summed E-state index contributed by atoms with van der Waals surface area (Å²) in [5.74, 6) is 1.08. The van der Waals surface area contributed by atoms with Crippen molar-refractivity contribution in [3.8, 4) is 11.4 Å². The Hall–Kier alpha value is -3.74. The fourth-order valence-corrected chi connectivity index (χ4v) is 4.81. The number of carbonyl (C=O) groups excluding carboxylic acids is 1. The van der Waals surface area contributed by atoms with Gasteiger partial charge in [0.1, 0.15) is 5.82 Å². The summed E-state index contributed by atoms with van der Waals surface area (Å²) in [4.78, 5) is 42.2. The Balaban J connectivity index is 1.20. The van der Waals surface area contributed by atoms with Crippen LogP contribution in [0.4, 0.5) is 0 Å². The van der Waals surface area contributed by atoms with Gasteiger partial charge in [0.25, 0.3) is 5.56 Å². The normalized spacial score (nSPS) is 14.6. The number of H-pyrrole nitrogens is 2. The van der Waals surface area contributed by atoms with Gasteiger partial charge < -0.3 is 14.9 Å². The lowest BCUT2D eigenvalue weighted by Crippen LogP contribution is -2.38. The fourth-order valence-electron chi connectivity index (χ4n) is 4.81. The molecule has 3 aromatic heterocycles. The van der Waals surface area contributed by atoms with Crippen molar-refractivity contribution in [3.05, 3.63) is 82.2 Å². The number of aryl methyl sites for hydroxylation is 1. The fraction of sp³-hybridized carbons (Fsp3) is 0.308. The van der Waals surface area contributed by atoms with Crippen LogP contribution in [-0.2, 0) is 11.2 Å². The molecule has 0 unspecified atom stereocenters. The SMILES string of the molecule is Cc1nc(-c2ccncc2)[nH]c(=O)c1CCC(=O)N1CCC(c2c[nH]c3ccccc23)CC1. The van der Waals surface area contributed by atoms with Gasteiger partial charge in [0.05, 0.1) is 0 Å². The number of para-hydroxylation sites is 1. The number of fused-ring (bicyclic) bond motifs is 1. The van der Waals surface area contributed by atoms with Crippen LogP contribution in [0, 0.1) is 6.92 Å². The molecule has 4 heterocycles. The van der Waals surface area contributed by atoms with Crippen molar-refractivity contribution in [3.63, 3.8) is 0 Å². The zero-order valence-corrected chi connectivity index (χ0v) is 18.7. The van der Waals surface area contributed by atoms with E-state index in [1.54, 1.807) is 24.5 Å². The molecule has 2 N–H and O–H groups in total. The topological polar surface area (TPSA) is 94.7 Å². The standard InChI is InChI=1S/C26H27N5O2/c1-17-20(26(33)30-25(29-17)19-8-12-27-13-9-19)6-7-24(32)31-14-10-18(11-15-31)22-16-28-23-5-3-2-4-21(22)23/h2-5,8-9,12-13,16,18,28H,6-7,10-11,14-15H2,1H3,(H,29,30,33). The maximum Gasteiger partial charge on any atom is 0.254 e. The summed E-state index contributed by atoms with van der Waals surface area (Å²) in [7, 11) is 0. The highest BCUT2D eigenvalue weighted by molar-refractivity contribution is 5.83. The van der Waals surface area contributed by atoms with Crippen LogP contribution in [0.25, 0.3) is 22.3 Å². The lowest BCUT2D eigenvalue weighted by Gasteiger charge is -2.32. The summed E-state index contributed by atoms with van der Waals surface area (Å²) in [6.07, 6.45) is 8.07. The first-order valence-electron chi connectivity index (χ1n) is 11.4. The summed E-state index contributed by atoms with van der Waals surface area (Å²) >= 11 is 0. The summed E-state index contributed by atoms with van der Waals surface area (Å²) < 4.78 is 0. The molecule has 1 aliphatic rings. The first-order chi connectivity index (χ1) is 16.1. The molecule has 7 heteroatoms. The largest absolute Gasteiger partial charge is 0.361 e. The molecule has 0 aliphatic carbocycles. The molecule has 0 spiro atoms. The molecule has 5 rings (SSSR count). The molecule has 0 bridgehead atoms. The van der Waals surface area contributed by atoms with Crippen molar-refractivity contribution in [2.75, 3.05) is 13.1 Å². The molecule has 1 fully saturated rings. The average molecular weight is 442 g/mol. The number of hydrogen-bond acceptors (Lipinski definition) is 4. The summed E-state index contributed by atoms with van der Waals surface area (Å²) in [6.45, 7) is 3.32. The van der Waals surface area contributed by atoms with Crippen LogP contribution in [0.15, 0.2) is 59.8 Å². The lowest BCUT2D eigenvalue weighted by atomic mass is 9.89. The van der Waals surface area contributed by atoms with Crippen molar-refractivity contribution < 1.29 is 4.79 Å². The molecule has 4 aromatic rings. The van der Waals surface area contributed by atoms with E-state index < -0.39 is 0 Å². The second kappa shape index (κ2) is 9.02. The minimum Gasteiger partial charge on any atom is -0.361 e. The van der Waals surface area contributed by atoms with Crippen LogP contribution in [0.5, 0.6) is 0 Å². The number of nitrogens with zero attached hydrogens (tertiary/aromatic N) is 3. The number of benzene rings is 1. The van der Waals surface area contributed by atoms with E-state index in [0.717, 1.165) is 37.0 Å². The first kappa shape index (κ1) is 21.1. The second-order valence-corrected chi connectivity index (χ2v) is 8.66. The van der Waals surface area contributed by atoms with E-state index in [1.807, 2.05) is 17.9 Å². The Morgan fingerprint density at radius 2 is 1.88 bits per heavy atom. The van der Waals surface area contributed by atoms with Gasteiger partial charge in [0, 0.05) is 65.8 Å². The van der Waals surface area contributed by atoms with Crippen molar-refractivity contribution in [2.45, 2.75) is 38.5 Å². The van der Waals surface area contributed by atoms with Gasteiger partial charge in [-0.2, -0.15) is 0 Å². The zero-order valence-electron chi connectivity index (χ0n) is 18.7. The third-order valence-electron chi connectivity index (χ3n) is 6.67. The number of amides is 1. The van der Waals surface area contributed by atoms with Crippen molar-refractivity contribution in [1.29, 1.82) is 0 Å². The predicted molar refractivity (Wildman–Crippen MR) is 128 cm³/mol. The van der Waals surface area contributed by atoms with Gasteiger partial charge >= 0.3 is 0 Å². The van der Waals surface area contributed by atoms with E-state index in [1.165, 1.54) is 10.9 Å². The Bertz CT molecular complexity index is 1330. The summed E-state index contributed by atoms with van der Waals surface area (Å²) in [5.41, 5.74) is 4.38. The van der Waals surface area contributed by atoms with Gasteiger partial charge in [-0.3, -0.25) is 14.6 Å². The number of nitrogens with one attached hydrogen (secondary N) is 2. The van der Waals surface area contributed by atoms with E-state index in [0.29, 0.717) is 35.8 Å². The smallest absolute Gasteiger partial charge is 0.254 e. The molecule has 0 radical (unpaired) electrons. The van der Waals surface area contributed by atoms with Crippen molar-refractivity contribution in [1.82, 2.24) is 24.8 Å². The molecular formula is C26H27N5O2. The highest BCUT2D eigenvalue weighted by Gasteiger charge is 2.25. The maximum atomic E-state index is 12.9. The maximum absolute atomic E-state index is 12.9. The Morgan fingerprint density at radius 3 is 2.64 bits per heavy atom. The highest BCUT2D eigenvalue weighted by atomic mass is 16.2. The monoisotopic (exact) mass is 441 g/mol. The van der Waals surface area contributed by atoms with Crippen LogP contribution in [0.2, 0.25) is 0 Å². The van der Waals surface area contributed by atoms with Gasteiger partial charge in [-0.05, 0) is 55.9 Å². The summed E-state index contributed by atoms with van der Waals surface area (Å²) in [5, 5.41) is 1.28.